The fourth-order valence-electron chi connectivity index (χ4n) is 0.475. The normalized spacial score (nSPS) is 8.11. The van der Waals surface area contributed by atoms with Gasteiger partial charge in [-0.15, -0.1) is 0 Å². The minimum atomic E-state index is 0. The maximum atomic E-state index is 5.47. The Labute approximate surface area is 86.5 Å². The summed E-state index contributed by atoms with van der Waals surface area (Å²) in [4.78, 5) is 0. The van der Waals surface area contributed by atoms with Gasteiger partial charge in [-0.05, 0) is 28.1 Å². The van der Waals surface area contributed by atoms with Gasteiger partial charge >= 0.3 is 29.6 Å². The third kappa shape index (κ3) is 2.72. The van der Waals surface area contributed by atoms with Gasteiger partial charge in [0, 0.05) is 10.2 Å². The molecule has 0 atom stereocenters. The van der Waals surface area contributed by atoms with Gasteiger partial charge in [0.15, 0.2) is 0 Å². The smallest absolute Gasteiger partial charge is 1.00 e. The monoisotopic (exact) mass is 195 g/mol. The van der Waals surface area contributed by atoms with Gasteiger partial charge in [0.05, 0.1) is 0 Å². The molecule has 0 unspecified atom stereocenters. The number of benzene rings is 1. The van der Waals surface area contributed by atoms with Gasteiger partial charge in [-0.3, -0.25) is 0 Å². The van der Waals surface area contributed by atoms with Gasteiger partial charge in [-0.2, -0.15) is 0 Å². The number of anilines is 1. The molecule has 0 saturated carbocycles. The van der Waals surface area contributed by atoms with Crippen LogP contribution in [0.5, 0.6) is 0 Å². The summed E-state index contributed by atoms with van der Waals surface area (Å²) in [6, 6.07) is 7.60. The van der Waals surface area contributed by atoms with Crippen molar-refractivity contribution in [1.82, 2.24) is 0 Å². The van der Waals surface area contributed by atoms with Crippen LogP contribution in [0.15, 0.2) is 28.7 Å². The minimum absolute atomic E-state index is 0. The molecule has 44 valence electrons. The predicted molar refractivity (Wildman–Crippen MR) is 39.7 cm³/mol. The van der Waals surface area contributed by atoms with E-state index in [1.54, 1.807) is 0 Å². The number of hydrogen-bond acceptors (Lipinski definition) is 1. The van der Waals surface area contributed by atoms with Crippen LogP contribution in [0.1, 0.15) is 1.43 Å². The standard InChI is InChI=1S/C6H6BrN.Na.H/c7-5-3-1-2-4-6(5)8;;/h1-4H,8H2;;/q;+1;-1. The van der Waals surface area contributed by atoms with Crippen molar-refractivity contribution in [3.63, 3.8) is 0 Å². The molecule has 0 fully saturated rings. The van der Waals surface area contributed by atoms with Crippen molar-refractivity contribution < 1.29 is 31.0 Å². The van der Waals surface area contributed by atoms with Gasteiger partial charge in [0.1, 0.15) is 0 Å². The number of nitrogens with two attached hydrogens (primary N) is 1. The van der Waals surface area contributed by atoms with Gasteiger partial charge in [-0.1, -0.05) is 12.1 Å². The van der Waals surface area contributed by atoms with Gasteiger partial charge in [-0.25, -0.2) is 0 Å². The molecule has 0 saturated heterocycles. The molecule has 9 heavy (non-hydrogen) atoms. The van der Waals surface area contributed by atoms with E-state index in [9.17, 15) is 0 Å². The molecular formula is C6H7BrNNa. The van der Waals surface area contributed by atoms with E-state index in [0.29, 0.717) is 0 Å². The summed E-state index contributed by atoms with van der Waals surface area (Å²) in [5.41, 5.74) is 6.26. The van der Waals surface area contributed by atoms with Crippen LogP contribution in [0.25, 0.3) is 0 Å². The molecular weight excluding hydrogens is 189 g/mol. The first kappa shape index (κ1) is 9.50. The summed E-state index contributed by atoms with van der Waals surface area (Å²) in [7, 11) is 0. The Morgan fingerprint density at radius 1 is 1.33 bits per heavy atom. The summed E-state index contributed by atoms with van der Waals surface area (Å²) in [5, 5.41) is 0. The summed E-state index contributed by atoms with van der Waals surface area (Å²) in [5.74, 6) is 0. The van der Waals surface area contributed by atoms with Gasteiger partial charge in [0.25, 0.3) is 0 Å². The molecule has 3 heteroatoms. The van der Waals surface area contributed by atoms with E-state index in [-0.39, 0.29) is 31.0 Å². The molecule has 0 aliphatic carbocycles. The van der Waals surface area contributed by atoms with Crippen LogP contribution >= 0.6 is 15.9 Å². The van der Waals surface area contributed by atoms with Crippen LogP contribution in [0.2, 0.25) is 0 Å². The second-order valence-corrected chi connectivity index (χ2v) is 2.38. The number of rotatable bonds is 0. The zero-order chi connectivity index (χ0) is 5.98. The largest absolute Gasteiger partial charge is 1.00 e. The van der Waals surface area contributed by atoms with E-state index in [4.69, 9.17) is 5.73 Å². The number of halogens is 1. The second kappa shape index (κ2) is 4.34. The van der Waals surface area contributed by atoms with Crippen LogP contribution < -0.4 is 35.3 Å². The third-order valence-corrected chi connectivity index (χ3v) is 1.63. The number of hydrogen-bond donors (Lipinski definition) is 1. The Kier molecular flexibility index (Phi) is 4.58. The van der Waals surface area contributed by atoms with Crippen molar-refractivity contribution in [2.45, 2.75) is 0 Å². The average molecular weight is 196 g/mol. The molecule has 1 aromatic rings. The maximum Gasteiger partial charge on any atom is 1.00 e. The van der Waals surface area contributed by atoms with Crippen molar-refractivity contribution in [3.05, 3.63) is 28.7 Å². The van der Waals surface area contributed by atoms with E-state index in [0.717, 1.165) is 10.2 Å². The molecule has 0 heterocycles. The Hall–Kier alpha value is 0.500. The van der Waals surface area contributed by atoms with Crippen LogP contribution in [-0.4, -0.2) is 0 Å². The van der Waals surface area contributed by atoms with Crippen molar-refractivity contribution in [2.75, 3.05) is 5.73 Å². The topological polar surface area (TPSA) is 26.0 Å². The zero-order valence-electron chi connectivity index (χ0n) is 6.26. The molecule has 0 amide bonds. The van der Waals surface area contributed by atoms with E-state index in [1.165, 1.54) is 0 Å². The van der Waals surface area contributed by atoms with E-state index in [1.807, 2.05) is 24.3 Å². The fourth-order valence-corrected chi connectivity index (χ4v) is 0.760. The molecule has 0 bridgehead atoms. The first-order valence-electron chi connectivity index (χ1n) is 2.31. The molecule has 0 aliphatic rings. The Morgan fingerprint density at radius 3 is 2.22 bits per heavy atom. The van der Waals surface area contributed by atoms with Gasteiger partial charge < -0.3 is 7.16 Å². The maximum absolute atomic E-state index is 5.47. The average Bonchev–Trinajstić information content (AvgIpc) is 1.77. The van der Waals surface area contributed by atoms with Crippen molar-refractivity contribution in [1.29, 1.82) is 0 Å². The Bertz CT molecular complexity index is 174. The first-order valence-corrected chi connectivity index (χ1v) is 3.10. The molecule has 0 spiro atoms. The molecule has 1 nitrogen and oxygen atoms in total. The first-order chi connectivity index (χ1) is 3.80. The quantitative estimate of drug-likeness (QED) is 0.424. The van der Waals surface area contributed by atoms with Crippen LogP contribution in [0.4, 0.5) is 5.69 Å². The second-order valence-electron chi connectivity index (χ2n) is 1.52. The van der Waals surface area contributed by atoms with Crippen LogP contribution in [0.3, 0.4) is 0 Å². The summed E-state index contributed by atoms with van der Waals surface area (Å²) in [6.07, 6.45) is 0. The van der Waals surface area contributed by atoms with E-state index < -0.39 is 0 Å². The molecule has 2 N–H and O–H groups in total. The fraction of sp³-hybridized carbons (Fsp3) is 0. The molecule has 1 aromatic carbocycles. The minimum Gasteiger partial charge on any atom is -1.00 e. The summed E-state index contributed by atoms with van der Waals surface area (Å²) in [6.45, 7) is 0. The SMILES string of the molecule is Nc1ccccc1Br.[H-].[Na+]. The summed E-state index contributed by atoms with van der Waals surface area (Å²) >= 11 is 3.27. The molecule has 0 aliphatic heterocycles. The zero-order valence-corrected chi connectivity index (χ0v) is 8.85. The third-order valence-electron chi connectivity index (χ3n) is 0.905. The number of nitrogen functional groups attached to an aromatic ring is 1. The van der Waals surface area contributed by atoms with Crippen LogP contribution in [-0.2, 0) is 0 Å². The van der Waals surface area contributed by atoms with Crippen molar-refractivity contribution >= 4 is 21.6 Å². The van der Waals surface area contributed by atoms with Crippen molar-refractivity contribution in [3.8, 4) is 0 Å². The predicted octanol–water partition coefficient (Wildman–Crippen LogP) is -0.852. The summed E-state index contributed by atoms with van der Waals surface area (Å²) < 4.78 is 0.958. The van der Waals surface area contributed by atoms with Crippen LogP contribution in [0, 0.1) is 0 Å². The van der Waals surface area contributed by atoms with E-state index in [2.05, 4.69) is 15.9 Å². The Balaban J connectivity index is 0. The number of para-hydroxylation sites is 1. The molecule has 1 rings (SSSR count). The Morgan fingerprint density at radius 2 is 1.89 bits per heavy atom. The van der Waals surface area contributed by atoms with Gasteiger partial charge in [0.2, 0.25) is 0 Å². The molecule has 0 aromatic heterocycles. The molecule has 0 radical (unpaired) electrons. The van der Waals surface area contributed by atoms with E-state index >= 15 is 0 Å². The van der Waals surface area contributed by atoms with Crippen molar-refractivity contribution in [2.24, 2.45) is 0 Å².